The Bertz CT molecular complexity index is 667. The van der Waals surface area contributed by atoms with E-state index in [1.807, 2.05) is 0 Å². The van der Waals surface area contributed by atoms with Crippen LogP contribution in [0, 0.1) is 10.1 Å². The predicted octanol–water partition coefficient (Wildman–Crippen LogP) is 2.61. The Balaban J connectivity index is 2.09. The maximum atomic E-state index is 11.7. The molecule has 2 aromatic rings. The molecule has 0 unspecified atom stereocenters. The maximum absolute atomic E-state index is 11.7. The van der Waals surface area contributed by atoms with Crippen molar-refractivity contribution in [3.05, 3.63) is 63.1 Å². The van der Waals surface area contributed by atoms with Gasteiger partial charge in [0.25, 0.3) is 11.6 Å². The van der Waals surface area contributed by atoms with E-state index >= 15 is 0 Å². The summed E-state index contributed by atoms with van der Waals surface area (Å²) in [6, 6.07) is 7.06. The molecule has 0 bridgehead atoms. The average molecular weight is 294 g/mol. The number of hydrogen-bond donors (Lipinski definition) is 1. The molecule has 0 fully saturated rings. The highest BCUT2D eigenvalue weighted by Crippen LogP contribution is 2.24. The van der Waals surface area contributed by atoms with Gasteiger partial charge >= 0.3 is 0 Å². The SMILES string of the molecule is O=C(N/N=C/c1ccco1)c1ccc(Cl)c([N+](=O)[O-])c1. The van der Waals surface area contributed by atoms with Gasteiger partial charge in [0.2, 0.25) is 0 Å². The number of hydrazone groups is 1. The smallest absolute Gasteiger partial charge is 0.288 e. The van der Waals surface area contributed by atoms with Gasteiger partial charge in [0.05, 0.1) is 17.4 Å². The molecule has 0 radical (unpaired) electrons. The van der Waals surface area contributed by atoms with Gasteiger partial charge < -0.3 is 4.42 Å². The van der Waals surface area contributed by atoms with Crippen LogP contribution in [-0.2, 0) is 0 Å². The second-order valence-electron chi connectivity index (χ2n) is 3.64. The van der Waals surface area contributed by atoms with Crippen LogP contribution in [-0.4, -0.2) is 17.0 Å². The standard InChI is InChI=1S/C12H8ClN3O4/c13-10-4-3-8(6-11(10)16(18)19)12(17)15-14-7-9-2-1-5-20-9/h1-7H,(H,15,17)/b14-7+. The minimum Gasteiger partial charge on any atom is -0.463 e. The first-order chi connectivity index (χ1) is 9.58. The van der Waals surface area contributed by atoms with E-state index < -0.39 is 10.8 Å². The summed E-state index contributed by atoms with van der Waals surface area (Å²) in [5.74, 6) is -0.125. The maximum Gasteiger partial charge on any atom is 0.288 e. The van der Waals surface area contributed by atoms with Crippen molar-refractivity contribution in [3.8, 4) is 0 Å². The molecule has 2 rings (SSSR count). The zero-order valence-electron chi connectivity index (χ0n) is 9.95. The number of furan rings is 1. The average Bonchev–Trinajstić information content (AvgIpc) is 2.92. The van der Waals surface area contributed by atoms with Gasteiger partial charge in [-0.05, 0) is 24.3 Å². The van der Waals surface area contributed by atoms with E-state index in [-0.39, 0.29) is 16.3 Å². The van der Waals surface area contributed by atoms with Crippen LogP contribution in [0.3, 0.4) is 0 Å². The Morgan fingerprint density at radius 3 is 2.90 bits per heavy atom. The summed E-state index contributed by atoms with van der Waals surface area (Å²) in [7, 11) is 0. The van der Waals surface area contributed by atoms with Crippen LogP contribution in [0.25, 0.3) is 0 Å². The molecule has 1 aromatic carbocycles. The molecule has 1 aromatic heterocycles. The fraction of sp³-hybridized carbons (Fsp3) is 0. The van der Waals surface area contributed by atoms with Gasteiger partial charge in [0.15, 0.2) is 0 Å². The molecule has 0 aliphatic heterocycles. The van der Waals surface area contributed by atoms with Crippen molar-refractivity contribution in [3.63, 3.8) is 0 Å². The Morgan fingerprint density at radius 2 is 2.25 bits per heavy atom. The summed E-state index contributed by atoms with van der Waals surface area (Å²) in [5, 5.41) is 14.3. The highest BCUT2D eigenvalue weighted by molar-refractivity contribution is 6.32. The number of nitro benzene ring substituents is 1. The first-order valence-electron chi connectivity index (χ1n) is 5.39. The van der Waals surface area contributed by atoms with Crippen molar-refractivity contribution >= 4 is 29.4 Å². The van der Waals surface area contributed by atoms with Crippen molar-refractivity contribution < 1.29 is 14.1 Å². The fourth-order valence-electron chi connectivity index (χ4n) is 1.38. The van der Waals surface area contributed by atoms with Gasteiger partial charge in [-0.1, -0.05) is 11.6 Å². The molecule has 1 amide bonds. The largest absolute Gasteiger partial charge is 0.463 e. The summed E-state index contributed by atoms with van der Waals surface area (Å²) >= 11 is 5.65. The van der Waals surface area contributed by atoms with Crippen LogP contribution in [0.2, 0.25) is 5.02 Å². The van der Waals surface area contributed by atoms with Gasteiger partial charge in [-0.3, -0.25) is 14.9 Å². The number of halogens is 1. The van der Waals surface area contributed by atoms with Crippen LogP contribution in [0.4, 0.5) is 5.69 Å². The molecule has 0 saturated heterocycles. The van der Waals surface area contributed by atoms with Crippen molar-refractivity contribution in [2.24, 2.45) is 5.10 Å². The summed E-state index contributed by atoms with van der Waals surface area (Å²) in [4.78, 5) is 21.8. The van der Waals surface area contributed by atoms with Crippen molar-refractivity contribution in [2.75, 3.05) is 0 Å². The van der Waals surface area contributed by atoms with Crippen molar-refractivity contribution in [1.29, 1.82) is 0 Å². The third kappa shape index (κ3) is 3.21. The molecule has 0 aliphatic rings. The summed E-state index contributed by atoms with van der Waals surface area (Å²) in [6.45, 7) is 0. The minimum atomic E-state index is -0.661. The van der Waals surface area contributed by atoms with Crippen LogP contribution < -0.4 is 5.43 Å². The number of amides is 1. The van der Waals surface area contributed by atoms with Gasteiger partial charge in [-0.25, -0.2) is 5.43 Å². The van der Waals surface area contributed by atoms with E-state index in [2.05, 4.69) is 10.5 Å². The molecule has 0 spiro atoms. The third-order valence-corrected chi connectivity index (χ3v) is 2.63. The zero-order chi connectivity index (χ0) is 14.5. The first kappa shape index (κ1) is 13.8. The van der Waals surface area contributed by atoms with E-state index in [1.165, 1.54) is 24.6 Å². The van der Waals surface area contributed by atoms with E-state index in [0.29, 0.717) is 5.76 Å². The second kappa shape index (κ2) is 5.98. The number of nitrogens with one attached hydrogen (secondary N) is 1. The highest BCUT2D eigenvalue weighted by Gasteiger charge is 2.15. The lowest BCUT2D eigenvalue weighted by Crippen LogP contribution is -2.17. The molecule has 0 aliphatic carbocycles. The minimum absolute atomic E-state index is 0.0364. The molecule has 0 saturated carbocycles. The summed E-state index contributed by atoms with van der Waals surface area (Å²) < 4.78 is 4.98. The highest BCUT2D eigenvalue weighted by atomic mass is 35.5. The fourth-order valence-corrected chi connectivity index (χ4v) is 1.56. The van der Waals surface area contributed by atoms with E-state index in [0.717, 1.165) is 6.07 Å². The van der Waals surface area contributed by atoms with Crippen LogP contribution in [0.5, 0.6) is 0 Å². The number of hydrogen-bond acceptors (Lipinski definition) is 5. The van der Waals surface area contributed by atoms with Gasteiger partial charge in [-0.15, -0.1) is 0 Å². The Kier molecular flexibility index (Phi) is 4.11. The van der Waals surface area contributed by atoms with Gasteiger partial charge in [0, 0.05) is 11.6 Å². The number of carbonyl (C=O) groups is 1. The topological polar surface area (TPSA) is 97.7 Å². The number of nitrogens with zero attached hydrogens (tertiary/aromatic N) is 2. The molecular weight excluding hydrogens is 286 g/mol. The molecule has 0 atom stereocenters. The molecule has 20 heavy (non-hydrogen) atoms. The number of carbonyl (C=O) groups excluding carboxylic acids is 1. The molecule has 1 heterocycles. The van der Waals surface area contributed by atoms with Crippen LogP contribution in [0.1, 0.15) is 16.1 Å². The third-order valence-electron chi connectivity index (χ3n) is 2.31. The lowest BCUT2D eigenvalue weighted by atomic mass is 10.2. The summed E-state index contributed by atoms with van der Waals surface area (Å²) in [5.41, 5.74) is 1.97. The molecule has 102 valence electrons. The van der Waals surface area contributed by atoms with Crippen LogP contribution in [0.15, 0.2) is 46.1 Å². The lowest BCUT2D eigenvalue weighted by Gasteiger charge is -2.00. The van der Waals surface area contributed by atoms with E-state index in [1.54, 1.807) is 12.1 Å². The van der Waals surface area contributed by atoms with E-state index in [4.69, 9.17) is 16.0 Å². The Labute approximate surface area is 118 Å². The lowest BCUT2D eigenvalue weighted by molar-refractivity contribution is -0.384. The molecular formula is C12H8ClN3O4. The van der Waals surface area contributed by atoms with Crippen LogP contribution >= 0.6 is 11.6 Å². The molecule has 8 heteroatoms. The van der Waals surface area contributed by atoms with E-state index in [9.17, 15) is 14.9 Å². The zero-order valence-corrected chi connectivity index (χ0v) is 10.7. The van der Waals surface area contributed by atoms with Gasteiger partial charge in [0.1, 0.15) is 10.8 Å². The Hall–Kier alpha value is -2.67. The molecule has 7 nitrogen and oxygen atoms in total. The normalized spacial score (nSPS) is 10.7. The number of nitro groups is 1. The quantitative estimate of drug-likeness (QED) is 0.532. The molecule has 1 N–H and O–H groups in total. The Morgan fingerprint density at radius 1 is 1.45 bits per heavy atom. The summed E-state index contributed by atoms with van der Waals surface area (Å²) in [6.07, 6.45) is 2.77. The monoisotopic (exact) mass is 293 g/mol. The number of rotatable bonds is 4. The van der Waals surface area contributed by atoms with Gasteiger partial charge in [-0.2, -0.15) is 5.10 Å². The van der Waals surface area contributed by atoms with Crippen molar-refractivity contribution in [2.45, 2.75) is 0 Å². The number of benzene rings is 1. The first-order valence-corrected chi connectivity index (χ1v) is 5.76. The second-order valence-corrected chi connectivity index (χ2v) is 4.05. The van der Waals surface area contributed by atoms with Crippen molar-refractivity contribution in [1.82, 2.24) is 5.43 Å². The predicted molar refractivity (Wildman–Crippen MR) is 71.9 cm³/mol.